The highest BCUT2D eigenvalue weighted by Gasteiger charge is 2.12. The van der Waals surface area contributed by atoms with Crippen LogP contribution >= 0.6 is 0 Å². The number of rotatable bonds is 5. The number of nitrogens with zero attached hydrogens (tertiary/aromatic N) is 2. The second kappa shape index (κ2) is 9.37. The maximum absolute atomic E-state index is 12.3. The molecule has 2 aromatic rings. The number of carbonyl (C=O) groups excluding carboxylic acids is 1. The third kappa shape index (κ3) is 5.30. The quantitative estimate of drug-likeness (QED) is 0.503. The molecule has 27 heavy (non-hydrogen) atoms. The number of nitrogens with one attached hydrogen (secondary N) is 1. The lowest BCUT2D eigenvalue weighted by atomic mass is 10.2. The fraction of sp³-hybridized carbons (Fsp3) is 0.182. The van der Waals surface area contributed by atoms with Gasteiger partial charge < -0.3 is 15.0 Å². The molecular weight excluding hydrogens is 338 g/mol. The SMILES string of the molecule is N#C/C(=C\C=C\c1ccccc1)C(=O)Nc1ccc(N2CCOCC2)cc1. The van der Waals surface area contributed by atoms with E-state index in [-0.39, 0.29) is 5.57 Å². The number of hydrogen-bond donors (Lipinski definition) is 1. The summed E-state index contributed by atoms with van der Waals surface area (Å²) in [6.07, 6.45) is 5.07. The predicted octanol–water partition coefficient (Wildman–Crippen LogP) is 3.63. The van der Waals surface area contributed by atoms with Gasteiger partial charge in [-0.05, 0) is 35.9 Å². The van der Waals surface area contributed by atoms with Gasteiger partial charge in [-0.15, -0.1) is 0 Å². The molecule has 1 amide bonds. The molecule has 1 fully saturated rings. The highest BCUT2D eigenvalue weighted by atomic mass is 16.5. The second-order valence-electron chi connectivity index (χ2n) is 6.06. The lowest BCUT2D eigenvalue weighted by molar-refractivity contribution is -0.112. The van der Waals surface area contributed by atoms with Gasteiger partial charge >= 0.3 is 0 Å². The summed E-state index contributed by atoms with van der Waals surface area (Å²) in [6.45, 7) is 3.18. The minimum absolute atomic E-state index is 0.0550. The zero-order valence-electron chi connectivity index (χ0n) is 15.0. The van der Waals surface area contributed by atoms with Crippen molar-refractivity contribution in [2.45, 2.75) is 0 Å². The van der Waals surface area contributed by atoms with E-state index in [2.05, 4.69) is 10.2 Å². The molecule has 1 aliphatic heterocycles. The van der Waals surface area contributed by atoms with Crippen molar-refractivity contribution in [3.05, 3.63) is 77.9 Å². The molecule has 136 valence electrons. The molecule has 0 aliphatic carbocycles. The van der Waals surface area contributed by atoms with E-state index in [1.54, 1.807) is 6.08 Å². The Hall–Kier alpha value is -3.36. The van der Waals surface area contributed by atoms with Gasteiger partial charge in [-0.3, -0.25) is 4.79 Å². The van der Waals surface area contributed by atoms with Crippen LogP contribution < -0.4 is 10.2 Å². The average molecular weight is 359 g/mol. The molecule has 2 aromatic carbocycles. The van der Waals surface area contributed by atoms with Crippen molar-refractivity contribution in [3.63, 3.8) is 0 Å². The second-order valence-corrected chi connectivity index (χ2v) is 6.06. The third-order valence-electron chi connectivity index (χ3n) is 4.22. The maximum atomic E-state index is 12.3. The van der Waals surface area contributed by atoms with Gasteiger partial charge in [0.15, 0.2) is 0 Å². The largest absolute Gasteiger partial charge is 0.378 e. The van der Waals surface area contributed by atoms with Crippen LogP contribution in [-0.4, -0.2) is 32.2 Å². The number of carbonyl (C=O) groups is 1. The Labute approximate surface area is 159 Å². The summed E-state index contributed by atoms with van der Waals surface area (Å²) in [4.78, 5) is 14.6. The van der Waals surface area contributed by atoms with Gasteiger partial charge in [0.2, 0.25) is 0 Å². The van der Waals surface area contributed by atoms with Crippen LogP contribution in [0.1, 0.15) is 5.56 Å². The Morgan fingerprint density at radius 3 is 2.44 bits per heavy atom. The van der Waals surface area contributed by atoms with Crippen LogP contribution in [0.4, 0.5) is 11.4 Å². The molecular formula is C22H21N3O2. The summed E-state index contributed by atoms with van der Waals surface area (Å²) in [6, 6.07) is 19.3. The molecule has 0 atom stereocenters. The Balaban J connectivity index is 1.61. The van der Waals surface area contributed by atoms with Crippen LogP contribution in [-0.2, 0) is 9.53 Å². The van der Waals surface area contributed by atoms with E-state index in [9.17, 15) is 10.1 Å². The Morgan fingerprint density at radius 2 is 1.78 bits per heavy atom. The smallest absolute Gasteiger partial charge is 0.266 e. The fourth-order valence-electron chi connectivity index (χ4n) is 2.76. The first kappa shape index (κ1) is 18.4. The topological polar surface area (TPSA) is 65.4 Å². The van der Waals surface area contributed by atoms with Crippen molar-refractivity contribution >= 4 is 23.4 Å². The summed E-state index contributed by atoms with van der Waals surface area (Å²) < 4.78 is 5.36. The minimum Gasteiger partial charge on any atom is -0.378 e. The zero-order chi connectivity index (χ0) is 18.9. The van der Waals surface area contributed by atoms with Gasteiger partial charge in [-0.2, -0.15) is 5.26 Å². The van der Waals surface area contributed by atoms with Gasteiger partial charge in [-0.25, -0.2) is 0 Å². The van der Waals surface area contributed by atoms with Crippen LogP contribution in [0.15, 0.2) is 72.3 Å². The number of nitriles is 1. The van der Waals surface area contributed by atoms with Crippen molar-refractivity contribution in [1.82, 2.24) is 0 Å². The van der Waals surface area contributed by atoms with E-state index in [1.165, 1.54) is 6.08 Å². The monoisotopic (exact) mass is 359 g/mol. The van der Waals surface area contributed by atoms with Crippen LogP contribution in [0, 0.1) is 11.3 Å². The van der Waals surface area contributed by atoms with Crippen LogP contribution in [0.2, 0.25) is 0 Å². The van der Waals surface area contributed by atoms with Crippen molar-refractivity contribution in [2.24, 2.45) is 0 Å². The molecule has 3 rings (SSSR count). The number of benzene rings is 2. The lowest BCUT2D eigenvalue weighted by Gasteiger charge is -2.28. The van der Waals surface area contributed by atoms with E-state index >= 15 is 0 Å². The van der Waals surface area contributed by atoms with Crippen LogP contribution in [0.5, 0.6) is 0 Å². The first-order chi connectivity index (χ1) is 13.3. The summed E-state index contributed by atoms with van der Waals surface area (Å²) in [5, 5.41) is 12.0. The van der Waals surface area contributed by atoms with E-state index < -0.39 is 5.91 Å². The average Bonchev–Trinajstić information content (AvgIpc) is 2.73. The van der Waals surface area contributed by atoms with Crippen molar-refractivity contribution in [2.75, 3.05) is 36.5 Å². The van der Waals surface area contributed by atoms with Gasteiger partial charge in [0, 0.05) is 24.5 Å². The summed E-state index contributed by atoms with van der Waals surface area (Å²) in [7, 11) is 0. The molecule has 0 radical (unpaired) electrons. The standard InChI is InChI=1S/C22H21N3O2/c23-17-19(8-4-7-18-5-2-1-3-6-18)22(26)24-20-9-11-21(12-10-20)25-13-15-27-16-14-25/h1-12H,13-16H2,(H,24,26)/b7-4+,19-8+. The molecule has 0 bridgehead atoms. The van der Waals surface area contributed by atoms with Crippen LogP contribution in [0.25, 0.3) is 6.08 Å². The van der Waals surface area contributed by atoms with E-state index in [1.807, 2.05) is 66.7 Å². The molecule has 0 spiro atoms. The molecule has 5 nitrogen and oxygen atoms in total. The summed E-state index contributed by atoms with van der Waals surface area (Å²) in [5.41, 5.74) is 2.81. The summed E-state index contributed by atoms with van der Waals surface area (Å²) >= 11 is 0. The molecule has 0 saturated carbocycles. The Bertz CT molecular complexity index is 859. The Morgan fingerprint density at radius 1 is 1.07 bits per heavy atom. The first-order valence-corrected chi connectivity index (χ1v) is 8.84. The number of hydrogen-bond acceptors (Lipinski definition) is 4. The normalized spacial score (nSPS) is 14.8. The van der Waals surface area contributed by atoms with E-state index in [4.69, 9.17) is 4.74 Å². The fourth-order valence-corrected chi connectivity index (χ4v) is 2.76. The van der Waals surface area contributed by atoms with Gasteiger partial charge in [0.05, 0.1) is 13.2 Å². The van der Waals surface area contributed by atoms with Gasteiger partial charge in [0.25, 0.3) is 5.91 Å². The van der Waals surface area contributed by atoms with E-state index in [0.29, 0.717) is 5.69 Å². The van der Waals surface area contributed by atoms with Crippen LogP contribution in [0.3, 0.4) is 0 Å². The van der Waals surface area contributed by atoms with Gasteiger partial charge in [-0.1, -0.05) is 42.5 Å². The molecule has 1 N–H and O–H groups in total. The van der Waals surface area contributed by atoms with Crippen molar-refractivity contribution in [1.29, 1.82) is 5.26 Å². The summed E-state index contributed by atoms with van der Waals surface area (Å²) in [5.74, 6) is -0.422. The number of allylic oxidation sites excluding steroid dienone is 2. The molecule has 0 aromatic heterocycles. The number of ether oxygens (including phenoxy) is 1. The third-order valence-corrected chi connectivity index (χ3v) is 4.22. The van der Waals surface area contributed by atoms with E-state index in [0.717, 1.165) is 37.6 Å². The molecule has 1 heterocycles. The van der Waals surface area contributed by atoms with Gasteiger partial charge in [0.1, 0.15) is 11.6 Å². The molecule has 0 unspecified atom stereocenters. The predicted molar refractivity (Wildman–Crippen MR) is 107 cm³/mol. The minimum atomic E-state index is -0.422. The maximum Gasteiger partial charge on any atom is 0.266 e. The number of morpholine rings is 1. The van der Waals surface area contributed by atoms with Crippen molar-refractivity contribution in [3.8, 4) is 6.07 Å². The number of amides is 1. The molecule has 1 aliphatic rings. The zero-order valence-corrected chi connectivity index (χ0v) is 15.0. The Kier molecular flexibility index (Phi) is 6.40. The first-order valence-electron chi connectivity index (χ1n) is 8.84. The van der Waals surface area contributed by atoms with Crippen molar-refractivity contribution < 1.29 is 9.53 Å². The molecule has 5 heteroatoms. The number of anilines is 2. The highest BCUT2D eigenvalue weighted by Crippen LogP contribution is 2.19. The lowest BCUT2D eigenvalue weighted by Crippen LogP contribution is -2.36. The highest BCUT2D eigenvalue weighted by molar-refractivity contribution is 6.06. The molecule has 1 saturated heterocycles.